The third kappa shape index (κ3) is 3.62. The Labute approximate surface area is 190 Å². The standard InChI is InChI=1S/C28H32O4/c1-5-21(29)24-26(20-16-12-9-13-17-20)28(22(30)6-2,23(31)7-3)25(18(4)27(24)32)19-14-10-8-11-15-19/h8-18,25-26,32H,5-7H2,1-4H3. The molecule has 3 unspecified atom stereocenters. The summed E-state index contributed by atoms with van der Waals surface area (Å²) in [6, 6.07) is 18.7. The molecule has 4 nitrogen and oxygen atoms in total. The molecule has 0 radical (unpaired) electrons. The Kier molecular flexibility index (Phi) is 7.12. The van der Waals surface area contributed by atoms with Crippen molar-refractivity contribution < 1.29 is 19.5 Å². The minimum absolute atomic E-state index is 0.0111. The molecule has 3 rings (SSSR count). The maximum Gasteiger partial charge on any atom is 0.162 e. The molecular weight excluding hydrogens is 400 g/mol. The van der Waals surface area contributed by atoms with Crippen molar-refractivity contribution in [3.63, 3.8) is 0 Å². The Hall–Kier alpha value is -3.01. The number of hydrogen-bond acceptors (Lipinski definition) is 4. The Bertz CT molecular complexity index is 1000. The molecule has 0 heterocycles. The number of allylic oxidation sites excluding steroid dienone is 2. The third-order valence-electron chi connectivity index (χ3n) is 6.92. The maximum atomic E-state index is 13.9. The molecule has 2 aromatic carbocycles. The van der Waals surface area contributed by atoms with E-state index in [1.54, 1.807) is 20.8 Å². The molecule has 0 amide bonds. The van der Waals surface area contributed by atoms with E-state index in [-0.39, 0.29) is 47.9 Å². The van der Waals surface area contributed by atoms with Crippen LogP contribution in [0.15, 0.2) is 72.0 Å². The van der Waals surface area contributed by atoms with Gasteiger partial charge in [0.05, 0.1) is 0 Å². The van der Waals surface area contributed by atoms with E-state index >= 15 is 0 Å². The first-order valence-electron chi connectivity index (χ1n) is 11.5. The molecule has 32 heavy (non-hydrogen) atoms. The van der Waals surface area contributed by atoms with Crippen LogP contribution in [0.4, 0.5) is 0 Å². The van der Waals surface area contributed by atoms with E-state index < -0.39 is 23.2 Å². The number of Topliss-reactive ketones (excluding diaryl/α,β-unsaturated/α-hetero) is 3. The fraction of sp³-hybridized carbons (Fsp3) is 0.393. The van der Waals surface area contributed by atoms with Crippen LogP contribution in [0, 0.1) is 11.3 Å². The van der Waals surface area contributed by atoms with Crippen molar-refractivity contribution in [2.45, 2.75) is 58.8 Å². The van der Waals surface area contributed by atoms with Gasteiger partial charge in [-0.15, -0.1) is 0 Å². The highest BCUT2D eigenvalue weighted by atomic mass is 16.3. The van der Waals surface area contributed by atoms with E-state index in [0.717, 1.165) is 5.56 Å². The summed E-state index contributed by atoms with van der Waals surface area (Å²) in [5.74, 6) is -2.59. The highest BCUT2D eigenvalue weighted by Gasteiger charge is 2.62. The van der Waals surface area contributed by atoms with Crippen LogP contribution in [-0.2, 0) is 14.4 Å². The van der Waals surface area contributed by atoms with Crippen LogP contribution in [-0.4, -0.2) is 22.5 Å². The normalized spacial score (nSPS) is 22.4. The summed E-state index contributed by atoms with van der Waals surface area (Å²) >= 11 is 0. The zero-order chi connectivity index (χ0) is 23.5. The lowest BCUT2D eigenvalue weighted by atomic mass is 9.49. The topological polar surface area (TPSA) is 71.4 Å². The smallest absolute Gasteiger partial charge is 0.162 e. The molecule has 0 saturated carbocycles. The van der Waals surface area contributed by atoms with Crippen molar-refractivity contribution >= 4 is 17.3 Å². The van der Waals surface area contributed by atoms with Crippen molar-refractivity contribution in [2.75, 3.05) is 0 Å². The van der Waals surface area contributed by atoms with Gasteiger partial charge in [0, 0.05) is 42.6 Å². The zero-order valence-electron chi connectivity index (χ0n) is 19.3. The molecule has 0 bridgehead atoms. The van der Waals surface area contributed by atoms with Gasteiger partial charge in [-0.1, -0.05) is 88.4 Å². The molecule has 0 aromatic heterocycles. The number of carbonyl (C=O) groups excluding carboxylic acids is 3. The van der Waals surface area contributed by atoms with Gasteiger partial charge in [0.2, 0.25) is 0 Å². The van der Waals surface area contributed by atoms with Crippen LogP contribution >= 0.6 is 0 Å². The SMILES string of the molecule is CCC(=O)C1=C(O)C(C)C(c2ccccc2)C(C(=O)CC)(C(=O)CC)C1c1ccccc1. The highest BCUT2D eigenvalue weighted by Crippen LogP contribution is 2.60. The second-order valence-corrected chi connectivity index (χ2v) is 8.52. The van der Waals surface area contributed by atoms with E-state index in [9.17, 15) is 19.5 Å². The van der Waals surface area contributed by atoms with Crippen LogP contribution in [0.25, 0.3) is 0 Å². The fourth-order valence-corrected chi connectivity index (χ4v) is 5.54. The van der Waals surface area contributed by atoms with Gasteiger partial charge in [-0.3, -0.25) is 14.4 Å². The average Bonchev–Trinajstić information content (AvgIpc) is 2.84. The molecule has 1 aliphatic carbocycles. The second kappa shape index (κ2) is 9.64. The predicted octanol–water partition coefficient (Wildman–Crippen LogP) is 5.94. The minimum Gasteiger partial charge on any atom is -0.512 e. The number of ketones is 3. The molecule has 0 aliphatic heterocycles. The summed E-state index contributed by atoms with van der Waals surface area (Å²) in [6.07, 6.45) is 0.515. The molecule has 2 aromatic rings. The second-order valence-electron chi connectivity index (χ2n) is 8.52. The van der Waals surface area contributed by atoms with E-state index in [0.29, 0.717) is 5.56 Å². The van der Waals surface area contributed by atoms with Gasteiger partial charge in [0.1, 0.15) is 22.7 Å². The lowest BCUT2D eigenvalue weighted by Crippen LogP contribution is -2.54. The number of carbonyl (C=O) groups is 3. The van der Waals surface area contributed by atoms with Gasteiger partial charge in [-0.2, -0.15) is 0 Å². The summed E-state index contributed by atoms with van der Waals surface area (Å²) in [6.45, 7) is 7.09. The van der Waals surface area contributed by atoms with Gasteiger partial charge in [0.15, 0.2) is 5.78 Å². The van der Waals surface area contributed by atoms with E-state index in [4.69, 9.17) is 0 Å². The number of benzene rings is 2. The van der Waals surface area contributed by atoms with E-state index in [2.05, 4.69) is 0 Å². The Morgan fingerprint density at radius 1 is 0.781 bits per heavy atom. The molecule has 3 atom stereocenters. The van der Waals surface area contributed by atoms with Crippen molar-refractivity contribution in [1.82, 2.24) is 0 Å². The van der Waals surface area contributed by atoms with Crippen molar-refractivity contribution in [3.05, 3.63) is 83.1 Å². The average molecular weight is 433 g/mol. The lowest BCUT2D eigenvalue weighted by Gasteiger charge is -2.50. The molecule has 0 fully saturated rings. The Morgan fingerprint density at radius 3 is 1.69 bits per heavy atom. The quantitative estimate of drug-likeness (QED) is 0.524. The monoisotopic (exact) mass is 432 g/mol. The van der Waals surface area contributed by atoms with Gasteiger partial charge in [-0.25, -0.2) is 0 Å². The number of rotatable bonds is 8. The zero-order valence-corrected chi connectivity index (χ0v) is 19.3. The summed E-state index contributed by atoms with van der Waals surface area (Å²) in [5, 5.41) is 11.4. The first kappa shape index (κ1) is 23.6. The first-order valence-corrected chi connectivity index (χ1v) is 11.5. The van der Waals surface area contributed by atoms with Crippen LogP contribution < -0.4 is 0 Å². The van der Waals surface area contributed by atoms with Gasteiger partial charge >= 0.3 is 0 Å². The third-order valence-corrected chi connectivity index (χ3v) is 6.92. The lowest BCUT2D eigenvalue weighted by molar-refractivity contribution is -0.146. The number of aliphatic hydroxyl groups excluding tert-OH is 1. The Balaban J connectivity index is 2.52. The molecular formula is C28H32O4. The summed E-state index contributed by atoms with van der Waals surface area (Å²) < 4.78 is 0. The van der Waals surface area contributed by atoms with Crippen molar-refractivity contribution in [1.29, 1.82) is 0 Å². The highest BCUT2D eigenvalue weighted by molar-refractivity contribution is 6.12. The maximum absolute atomic E-state index is 13.9. The molecule has 1 N–H and O–H groups in total. The Morgan fingerprint density at radius 2 is 1.25 bits per heavy atom. The predicted molar refractivity (Wildman–Crippen MR) is 126 cm³/mol. The first-order chi connectivity index (χ1) is 15.4. The molecule has 0 spiro atoms. The van der Waals surface area contributed by atoms with Gasteiger partial charge < -0.3 is 5.11 Å². The summed E-state index contributed by atoms with van der Waals surface area (Å²) in [7, 11) is 0. The van der Waals surface area contributed by atoms with Crippen LogP contribution in [0.1, 0.15) is 69.9 Å². The largest absolute Gasteiger partial charge is 0.512 e. The molecule has 168 valence electrons. The van der Waals surface area contributed by atoms with Crippen molar-refractivity contribution in [3.8, 4) is 0 Å². The van der Waals surface area contributed by atoms with Crippen LogP contribution in [0.3, 0.4) is 0 Å². The molecule has 0 saturated heterocycles. The summed E-state index contributed by atoms with van der Waals surface area (Å²) in [5.41, 5.74) is 0.256. The minimum atomic E-state index is -1.47. The van der Waals surface area contributed by atoms with Gasteiger partial charge in [0.25, 0.3) is 0 Å². The summed E-state index contributed by atoms with van der Waals surface area (Å²) in [4.78, 5) is 41.1. The fourth-order valence-electron chi connectivity index (χ4n) is 5.54. The van der Waals surface area contributed by atoms with E-state index in [1.807, 2.05) is 67.6 Å². The number of hydrogen-bond donors (Lipinski definition) is 1. The van der Waals surface area contributed by atoms with Crippen molar-refractivity contribution in [2.24, 2.45) is 11.3 Å². The molecule has 4 heteroatoms. The van der Waals surface area contributed by atoms with Crippen LogP contribution in [0.2, 0.25) is 0 Å². The molecule has 1 aliphatic rings. The van der Waals surface area contributed by atoms with E-state index in [1.165, 1.54) is 0 Å². The number of aliphatic hydroxyl groups is 1. The van der Waals surface area contributed by atoms with Crippen LogP contribution in [0.5, 0.6) is 0 Å². The van der Waals surface area contributed by atoms with Gasteiger partial charge in [-0.05, 0) is 11.1 Å².